The molecule has 0 aromatic heterocycles. The Labute approximate surface area is 64.2 Å². The summed E-state index contributed by atoms with van der Waals surface area (Å²) >= 11 is 0. The molecule has 0 saturated heterocycles. The van der Waals surface area contributed by atoms with Crippen molar-refractivity contribution >= 4 is 7.85 Å². The molecule has 1 fully saturated rings. The van der Waals surface area contributed by atoms with Gasteiger partial charge in [-0.25, -0.2) is 0 Å². The number of hydrogen-bond acceptors (Lipinski definition) is 1. The minimum Gasteiger partial charge on any atom is -0.396 e. The van der Waals surface area contributed by atoms with Gasteiger partial charge in [0.25, 0.3) is 0 Å². The summed E-state index contributed by atoms with van der Waals surface area (Å²) in [7, 11) is 5.76. The Balaban J connectivity index is 2.41. The summed E-state index contributed by atoms with van der Waals surface area (Å²) in [5.41, 5.74) is 0. The maximum atomic E-state index is 8.93. The van der Waals surface area contributed by atoms with Crippen molar-refractivity contribution in [3.05, 3.63) is 0 Å². The summed E-state index contributed by atoms with van der Waals surface area (Å²) in [4.78, 5) is 0. The quantitative estimate of drug-likeness (QED) is 0.571. The lowest BCUT2D eigenvalue weighted by atomic mass is 9.85. The van der Waals surface area contributed by atoms with Gasteiger partial charge in [0.05, 0.1) is 7.85 Å². The molecule has 0 bridgehead atoms. The zero-order chi connectivity index (χ0) is 7.56. The van der Waals surface area contributed by atoms with E-state index in [9.17, 15) is 0 Å². The van der Waals surface area contributed by atoms with Crippen LogP contribution in [0, 0.1) is 11.8 Å². The summed E-state index contributed by atoms with van der Waals surface area (Å²) in [6.07, 6.45) is 3.30. The van der Waals surface area contributed by atoms with E-state index in [0.717, 1.165) is 12.8 Å². The van der Waals surface area contributed by atoms with Crippen molar-refractivity contribution in [1.82, 2.24) is 0 Å². The van der Waals surface area contributed by atoms with Gasteiger partial charge in [-0.1, -0.05) is 32.0 Å². The van der Waals surface area contributed by atoms with Crippen LogP contribution in [-0.2, 0) is 0 Å². The fourth-order valence-electron chi connectivity index (χ4n) is 1.98. The van der Waals surface area contributed by atoms with Gasteiger partial charge in [0.1, 0.15) is 0 Å². The van der Waals surface area contributed by atoms with Gasteiger partial charge in [0.15, 0.2) is 0 Å². The molecule has 0 amide bonds. The summed E-state index contributed by atoms with van der Waals surface area (Å²) in [6.45, 7) is 2.50. The number of rotatable bonds is 2. The first-order valence-corrected chi connectivity index (χ1v) is 4.14. The van der Waals surface area contributed by atoms with Crippen molar-refractivity contribution in [2.75, 3.05) is 6.61 Å². The molecular weight excluding hydrogens is 123 g/mol. The van der Waals surface area contributed by atoms with Crippen LogP contribution in [0.15, 0.2) is 0 Å². The van der Waals surface area contributed by atoms with Gasteiger partial charge in [-0.2, -0.15) is 0 Å². The zero-order valence-electron chi connectivity index (χ0n) is 6.59. The Morgan fingerprint density at radius 2 is 2.00 bits per heavy atom. The van der Waals surface area contributed by atoms with E-state index in [4.69, 9.17) is 13.0 Å². The molecule has 3 atom stereocenters. The van der Waals surface area contributed by atoms with Gasteiger partial charge in [-0.05, 0) is 11.8 Å². The largest absolute Gasteiger partial charge is 0.396 e. The van der Waals surface area contributed by atoms with E-state index in [1.165, 1.54) is 6.42 Å². The molecule has 2 radical (unpaired) electrons. The molecule has 1 N–H and O–H groups in total. The van der Waals surface area contributed by atoms with Crippen molar-refractivity contribution in [2.24, 2.45) is 11.8 Å². The second-order valence-corrected chi connectivity index (χ2v) is 3.34. The number of aliphatic hydroxyl groups is 1. The van der Waals surface area contributed by atoms with Crippen LogP contribution in [0.25, 0.3) is 0 Å². The second kappa shape index (κ2) is 3.43. The van der Waals surface area contributed by atoms with E-state index in [2.05, 4.69) is 6.92 Å². The van der Waals surface area contributed by atoms with Gasteiger partial charge in [0, 0.05) is 6.61 Å². The standard InChI is InChI=1S/C8H15BO/c1-2-6-3-8(9)4-7(6)5-10/h6-8,10H,2-5H2,1H3/t6?,7-,8-/m0/s1. The number of hydrogen-bond donors (Lipinski definition) is 1. The van der Waals surface area contributed by atoms with Crippen molar-refractivity contribution in [1.29, 1.82) is 0 Å². The molecule has 0 aromatic rings. The van der Waals surface area contributed by atoms with E-state index in [0.29, 0.717) is 24.3 Å². The predicted octanol–water partition coefficient (Wildman–Crippen LogP) is 1.37. The van der Waals surface area contributed by atoms with E-state index >= 15 is 0 Å². The molecule has 1 aliphatic carbocycles. The van der Waals surface area contributed by atoms with Crippen molar-refractivity contribution < 1.29 is 5.11 Å². The Morgan fingerprint density at radius 3 is 2.40 bits per heavy atom. The van der Waals surface area contributed by atoms with Crippen molar-refractivity contribution in [3.8, 4) is 0 Å². The average Bonchev–Trinajstić information content (AvgIpc) is 2.30. The lowest BCUT2D eigenvalue weighted by molar-refractivity contribution is 0.192. The van der Waals surface area contributed by atoms with Gasteiger partial charge >= 0.3 is 0 Å². The van der Waals surface area contributed by atoms with Gasteiger partial charge in [0.2, 0.25) is 0 Å². The summed E-state index contributed by atoms with van der Waals surface area (Å²) in [5, 5.41) is 8.93. The third-order valence-electron chi connectivity index (χ3n) is 2.64. The third kappa shape index (κ3) is 1.54. The molecule has 0 heterocycles. The summed E-state index contributed by atoms with van der Waals surface area (Å²) in [6, 6.07) is 0. The first-order valence-electron chi connectivity index (χ1n) is 4.14. The molecule has 1 saturated carbocycles. The molecule has 56 valence electrons. The Kier molecular flexibility index (Phi) is 2.78. The number of aliphatic hydroxyl groups excluding tert-OH is 1. The smallest absolute Gasteiger partial charge is 0.0699 e. The lowest BCUT2D eigenvalue weighted by Crippen LogP contribution is -2.10. The van der Waals surface area contributed by atoms with Crippen LogP contribution < -0.4 is 0 Å². The Bertz CT molecular complexity index is 93.4. The van der Waals surface area contributed by atoms with E-state index in [1.807, 2.05) is 0 Å². The first kappa shape index (κ1) is 8.12. The van der Waals surface area contributed by atoms with Crippen LogP contribution in [0.5, 0.6) is 0 Å². The fourth-order valence-corrected chi connectivity index (χ4v) is 1.98. The molecule has 1 rings (SSSR count). The van der Waals surface area contributed by atoms with Gasteiger partial charge in [-0.3, -0.25) is 0 Å². The Morgan fingerprint density at radius 1 is 1.40 bits per heavy atom. The average molecular weight is 138 g/mol. The molecule has 1 aliphatic rings. The molecule has 1 unspecified atom stereocenters. The minimum atomic E-state index is 0.326. The van der Waals surface area contributed by atoms with Crippen LogP contribution in [0.2, 0.25) is 5.82 Å². The SMILES string of the molecule is [B][C@H]1CC(CC)[C@H](CO)C1. The molecular formula is C8H15BO. The molecule has 0 aromatic carbocycles. The molecule has 10 heavy (non-hydrogen) atoms. The van der Waals surface area contributed by atoms with Gasteiger partial charge < -0.3 is 5.11 Å². The molecule has 1 nitrogen and oxygen atoms in total. The third-order valence-corrected chi connectivity index (χ3v) is 2.64. The maximum absolute atomic E-state index is 8.93. The highest BCUT2D eigenvalue weighted by molar-refractivity contribution is 6.11. The first-order chi connectivity index (χ1) is 4.77. The minimum absolute atomic E-state index is 0.326. The highest BCUT2D eigenvalue weighted by Gasteiger charge is 2.29. The van der Waals surface area contributed by atoms with Crippen molar-refractivity contribution in [2.45, 2.75) is 32.0 Å². The highest BCUT2D eigenvalue weighted by Crippen LogP contribution is 2.39. The zero-order valence-corrected chi connectivity index (χ0v) is 6.59. The lowest BCUT2D eigenvalue weighted by Gasteiger charge is -2.13. The Hall–Kier alpha value is 0.0249. The van der Waals surface area contributed by atoms with E-state index in [1.54, 1.807) is 0 Å². The highest BCUT2D eigenvalue weighted by atomic mass is 16.3. The molecule has 0 spiro atoms. The molecule has 2 heteroatoms. The monoisotopic (exact) mass is 138 g/mol. The molecule has 0 aliphatic heterocycles. The topological polar surface area (TPSA) is 20.2 Å². The van der Waals surface area contributed by atoms with Crippen LogP contribution in [-0.4, -0.2) is 19.6 Å². The second-order valence-electron chi connectivity index (χ2n) is 3.34. The van der Waals surface area contributed by atoms with E-state index < -0.39 is 0 Å². The predicted molar refractivity (Wildman–Crippen MR) is 43.1 cm³/mol. The van der Waals surface area contributed by atoms with Crippen LogP contribution in [0.1, 0.15) is 26.2 Å². The maximum Gasteiger partial charge on any atom is 0.0699 e. The van der Waals surface area contributed by atoms with Crippen LogP contribution >= 0.6 is 0 Å². The fraction of sp³-hybridized carbons (Fsp3) is 1.00. The van der Waals surface area contributed by atoms with E-state index in [-0.39, 0.29) is 0 Å². The van der Waals surface area contributed by atoms with Crippen LogP contribution in [0.4, 0.5) is 0 Å². The summed E-state index contributed by atoms with van der Waals surface area (Å²) in [5.74, 6) is 1.52. The van der Waals surface area contributed by atoms with Crippen LogP contribution in [0.3, 0.4) is 0 Å². The normalized spacial score (nSPS) is 40.4. The van der Waals surface area contributed by atoms with Crippen molar-refractivity contribution in [3.63, 3.8) is 0 Å². The summed E-state index contributed by atoms with van der Waals surface area (Å²) < 4.78 is 0. The van der Waals surface area contributed by atoms with Gasteiger partial charge in [-0.15, -0.1) is 0 Å².